The van der Waals surface area contributed by atoms with Gasteiger partial charge in [0.05, 0.1) is 5.69 Å². The highest BCUT2D eigenvalue weighted by Crippen LogP contribution is 2.21. The zero-order valence-corrected chi connectivity index (χ0v) is 11.3. The van der Waals surface area contributed by atoms with Crippen molar-refractivity contribution < 1.29 is 5.11 Å². The number of aromatic amines is 1. The van der Waals surface area contributed by atoms with Gasteiger partial charge in [0.15, 0.2) is 0 Å². The van der Waals surface area contributed by atoms with E-state index in [0.29, 0.717) is 18.4 Å². The molecule has 7 nitrogen and oxygen atoms in total. The third-order valence-electron chi connectivity index (χ3n) is 3.90. The Labute approximate surface area is 116 Å². The fourth-order valence-corrected chi connectivity index (χ4v) is 2.90. The summed E-state index contributed by atoms with van der Waals surface area (Å²) in [6.45, 7) is 1.84. The number of aliphatic hydroxyl groups is 1. The molecule has 1 atom stereocenters. The van der Waals surface area contributed by atoms with Gasteiger partial charge in [-0.05, 0) is 25.8 Å². The van der Waals surface area contributed by atoms with Gasteiger partial charge in [-0.25, -0.2) is 9.97 Å². The molecule has 0 saturated carbocycles. The normalized spacial score (nSPS) is 20.6. The molecule has 1 aliphatic heterocycles. The zero-order valence-electron chi connectivity index (χ0n) is 11.3. The number of aromatic nitrogens is 4. The third kappa shape index (κ3) is 2.59. The smallest absolute Gasteiger partial charge is 0.274 e. The fraction of sp³-hybridized carbons (Fsp3) is 0.615. The lowest BCUT2D eigenvalue weighted by Crippen LogP contribution is -2.40. The molecule has 0 spiro atoms. The van der Waals surface area contributed by atoms with Gasteiger partial charge >= 0.3 is 0 Å². The van der Waals surface area contributed by atoms with E-state index in [0.717, 1.165) is 31.5 Å². The van der Waals surface area contributed by atoms with Crippen LogP contribution in [0.2, 0.25) is 0 Å². The number of fused-ring (bicyclic) bond motifs is 1. The van der Waals surface area contributed by atoms with Crippen LogP contribution in [0.15, 0.2) is 17.2 Å². The maximum absolute atomic E-state index is 11.9. The van der Waals surface area contributed by atoms with Gasteiger partial charge in [-0.15, -0.1) is 0 Å². The first-order valence-electron chi connectivity index (χ1n) is 7.05. The lowest BCUT2D eigenvalue weighted by Gasteiger charge is -2.35. The van der Waals surface area contributed by atoms with Gasteiger partial charge in [0.1, 0.15) is 6.33 Å². The lowest BCUT2D eigenvalue weighted by atomic mass is 9.99. The van der Waals surface area contributed by atoms with E-state index in [4.69, 9.17) is 5.11 Å². The second kappa shape index (κ2) is 5.72. The van der Waals surface area contributed by atoms with Crippen LogP contribution >= 0.6 is 0 Å². The SMILES string of the molecule is O=c1cc(CN2CCCCC2CCO)nc2nc[nH]n12. The first-order chi connectivity index (χ1) is 9.78. The van der Waals surface area contributed by atoms with Crippen molar-refractivity contribution in [3.05, 3.63) is 28.4 Å². The molecule has 3 rings (SSSR count). The molecule has 1 saturated heterocycles. The highest BCUT2D eigenvalue weighted by molar-refractivity contribution is 5.26. The van der Waals surface area contributed by atoms with Crippen molar-refractivity contribution in [1.82, 2.24) is 24.5 Å². The molecule has 1 fully saturated rings. The van der Waals surface area contributed by atoms with Crippen LogP contribution in [0.25, 0.3) is 5.78 Å². The predicted molar refractivity (Wildman–Crippen MR) is 73.4 cm³/mol. The van der Waals surface area contributed by atoms with Gasteiger partial charge in [0, 0.05) is 25.3 Å². The summed E-state index contributed by atoms with van der Waals surface area (Å²) in [7, 11) is 0. The summed E-state index contributed by atoms with van der Waals surface area (Å²) in [4.78, 5) is 22.6. The summed E-state index contributed by atoms with van der Waals surface area (Å²) >= 11 is 0. The van der Waals surface area contributed by atoms with Crippen LogP contribution in [0.1, 0.15) is 31.4 Å². The number of piperidine rings is 1. The molecule has 3 heterocycles. The Balaban J connectivity index is 1.82. The molecule has 0 aliphatic carbocycles. The summed E-state index contributed by atoms with van der Waals surface area (Å²) in [5.74, 6) is 0.406. The topological polar surface area (TPSA) is 86.5 Å². The Morgan fingerprint density at radius 2 is 2.35 bits per heavy atom. The number of rotatable bonds is 4. The Morgan fingerprint density at radius 1 is 1.45 bits per heavy atom. The monoisotopic (exact) mass is 277 g/mol. The maximum Gasteiger partial charge on any atom is 0.274 e. The molecule has 108 valence electrons. The molecule has 7 heteroatoms. The first kappa shape index (κ1) is 13.3. The first-order valence-corrected chi connectivity index (χ1v) is 7.05. The van der Waals surface area contributed by atoms with Gasteiger partial charge < -0.3 is 5.11 Å². The predicted octanol–water partition coefficient (Wildman–Crippen LogP) is 0.154. The summed E-state index contributed by atoms with van der Waals surface area (Å²) in [6, 6.07) is 1.93. The van der Waals surface area contributed by atoms with E-state index in [2.05, 4.69) is 20.0 Å². The Hall–Kier alpha value is -1.73. The highest BCUT2D eigenvalue weighted by Gasteiger charge is 2.22. The number of aliphatic hydroxyl groups excluding tert-OH is 1. The van der Waals surface area contributed by atoms with Crippen molar-refractivity contribution in [3.63, 3.8) is 0 Å². The van der Waals surface area contributed by atoms with Crippen molar-refractivity contribution in [3.8, 4) is 0 Å². The second-order valence-electron chi connectivity index (χ2n) is 5.24. The minimum absolute atomic E-state index is 0.141. The maximum atomic E-state index is 11.9. The van der Waals surface area contributed by atoms with Crippen LogP contribution in [0, 0.1) is 0 Å². The molecule has 1 aliphatic rings. The second-order valence-corrected chi connectivity index (χ2v) is 5.24. The van der Waals surface area contributed by atoms with Crippen LogP contribution in [-0.2, 0) is 6.54 Å². The van der Waals surface area contributed by atoms with Gasteiger partial charge in [0.2, 0.25) is 0 Å². The zero-order chi connectivity index (χ0) is 13.9. The van der Waals surface area contributed by atoms with E-state index < -0.39 is 0 Å². The minimum atomic E-state index is -0.141. The van der Waals surface area contributed by atoms with Crippen molar-refractivity contribution in [2.45, 2.75) is 38.3 Å². The number of nitrogens with one attached hydrogen (secondary N) is 1. The number of hydrogen-bond donors (Lipinski definition) is 2. The molecule has 0 bridgehead atoms. The number of nitrogens with zero attached hydrogens (tertiary/aromatic N) is 4. The van der Waals surface area contributed by atoms with Crippen LogP contribution < -0.4 is 5.56 Å². The van der Waals surface area contributed by atoms with Gasteiger partial charge in [-0.3, -0.25) is 14.8 Å². The van der Waals surface area contributed by atoms with Crippen LogP contribution in [-0.4, -0.2) is 48.8 Å². The molecular formula is C13H19N5O2. The average molecular weight is 277 g/mol. The molecule has 20 heavy (non-hydrogen) atoms. The molecule has 2 aromatic heterocycles. The van der Waals surface area contributed by atoms with Crippen molar-refractivity contribution >= 4 is 5.78 Å². The van der Waals surface area contributed by atoms with Gasteiger partial charge in [-0.2, -0.15) is 4.52 Å². The Morgan fingerprint density at radius 3 is 3.20 bits per heavy atom. The number of hydrogen-bond acceptors (Lipinski definition) is 5. The van der Waals surface area contributed by atoms with Crippen LogP contribution in [0.3, 0.4) is 0 Å². The molecule has 2 N–H and O–H groups in total. The minimum Gasteiger partial charge on any atom is -0.396 e. The van der Waals surface area contributed by atoms with E-state index in [-0.39, 0.29) is 12.2 Å². The molecule has 0 amide bonds. The highest BCUT2D eigenvalue weighted by atomic mass is 16.3. The van der Waals surface area contributed by atoms with Crippen molar-refractivity contribution in [2.75, 3.05) is 13.2 Å². The fourth-order valence-electron chi connectivity index (χ4n) is 2.90. The Bertz CT molecular complexity index is 633. The number of likely N-dealkylation sites (tertiary alicyclic amines) is 1. The van der Waals surface area contributed by atoms with E-state index >= 15 is 0 Å². The van der Waals surface area contributed by atoms with Gasteiger partial charge in [-0.1, -0.05) is 6.42 Å². The number of H-pyrrole nitrogens is 1. The molecule has 0 radical (unpaired) electrons. The summed E-state index contributed by atoms with van der Waals surface area (Å²) < 4.78 is 1.32. The largest absolute Gasteiger partial charge is 0.396 e. The van der Waals surface area contributed by atoms with E-state index in [1.807, 2.05) is 0 Å². The summed E-state index contributed by atoms with van der Waals surface area (Å²) in [5.41, 5.74) is 0.602. The Kier molecular flexibility index (Phi) is 3.79. The van der Waals surface area contributed by atoms with Gasteiger partial charge in [0.25, 0.3) is 11.3 Å². The molecule has 2 aromatic rings. The summed E-state index contributed by atoms with van der Waals surface area (Å²) in [5, 5.41) is 11.9. The molecule has 1 unspecified atom stereocenters. The lowest BCUT2D eigenvalue weighted by molar-refractivity contribution is 0.111. The quantitative estimate of drug-likeness (QED) is 0.831. The van der Waals surface area contributed by atoms with Crippen molar-refractivity contribution in [1.29, 1.82) is 0 Å². The average Bonchev–Trinajstić information content (AvgIpc) is 2.90. The third-order valence-corrected chi connectivity index (χ3v) is 3.90. The van der Waals surface area contributed by atoms with Crippen LogP contribution in [0.5, 0.6) is 0 Å². The van der Waals surface area contributed by atoms with Crippen LogP contribution in [0.4, 0.5) is 0 Å². The van der Waals surface area contributed by atoms with E-state index in [1.54, 1.807) is 6.07 Å². The van der Waals surface area contributed by atoms with E-state index in [9.17, 15) is 4.79 Å². The summed E-state index contributed by atoms with van der Waals surface area (Å²) in [6.07, 6.45) is 5.71. The van der Waals surface area contributed by atoms with Crippen molar-refractivity contribution in [2.24, 2.45) is 0 Å². The van der Waals surface area contributed by atoms with E-state index in [1.165, 1.54) is 17.3 Å². The molecule has 0 aromatic carbocycles. The molecular weight excluding hydrogens is 258 g/mol. The standard InChI is InChI=1S/C13H19N5O2/c19-6-4-11-3-1-2-5-17(11)8-10-7-12(20)18-13(16-10)14-9-15-18/h7,9,11,19H,1-6,8H2,(H,14,15,16).